The van der Waals surface area contributed by atoms with Gasteiger partial charge in [-0.05, 0) is 34.0 Å². The minimum Gasteiger partial charge on any atom is -0.152 e. The van der Waals surface area contributed by atoms with Crippen molar-refractivity contribution in [2.24, 2.45) is 0 Å². The van der Waals surface area contributed by atoms with Gasteiger partial charge in [-0.25, -0.2) is 0 Å². The lowest BCUT2D eigenvalue weighted by Crippen LogP contribution is -1.79. The fourth-order valence-corrected chi connectivity index (χ4v) is 1.93. The highest BCUT2D eigenvalue weighted by atomic mass is 32.1. The Hall–Kier alpha value is -1.52. The molecule has 0 N–H and O–H groups in total. The number of terminal acetylenes is 1. The molecule has 2 aromatic rings. The van der Waals surface area contributed by atoms with Crippen molar-refractivity contribution in [2.45, 2.75) is 0 Å². The van der Waals surface area contributed by atoms with Crippen molar-refractivity contribution >= 4 is 11.3 Å². The van der Waals surface area contributed by atoms with E-state index in [4.69, 9.17) is 6.42 Å². The van der Waals surface area contributed by atoms with Gasteiger partial charge in [0.1, 0.15) is 0 Å². The van der Waals surface area contributed by atoms with Crippen LogP contribution in [0.4, 0.5) is 0 Å². The van der Waals surface area contributed by atoms with Gasteiger partial charge in [0.15, 0.2) is 0 Å². The Morgan fingerprint density at radius 3 is 2.69 bits per heavy atom. The van der Waals surface area contributed by atoms with Crippen molar-refractivity contribution in [2.75, 3.05) is 0 Å². The van der Waals surface area contributed by atoms with Crippen LogP contribution in [0.25, 0.3) is 11.1 Å². The Kier molecular flexibility index (Phi) is 2.16. The van der Waals surface area contributed by atoms with Crippen molar-refractivity contribution in [1.29, 1.82) is 0 Å². The first-order chi connectivity index (χ1) is 6.42. The van der Waals surface area contributed by atoms with Gasteiger partial charge in [-0.1, -0.05) is 24.1 Å². The van der Waals surface area contributed by atoms with Gasteiger partial charge in [-0.2, -0.15) is 11.3 Å². The normalized spacial score (nSPS) is 9.46. The van der Waals surface area contributed by atoms with E-state index in [1.165, 1.54) is 5.56 Å². The summed E-state index contributed by atoms with van der Waals surface area (Å²) < 4.78 is 0. The van der Waals surface area contributed by atoms with Gasteiger partial charge in [0, 0.05) is 5.56 Å². The lowest BCUT2D eigenvalue weighted by molar-refractivity contribution is 1.62. The molecule has 0 amide bonds. The van der Waals surface area contributed by atoms with Gasteiger partial charge in [-0.3, -0.25) is 0 Å². The van der Waals surface area contributed by atoms with Crippen molar-refractivity contribution in [3.63, 3.8) is 0 Å². The van der Waals surface area contributed by atoms with Crippen molar-refractivity contribution in [3.8, 4) is 23.5 Å². The molecule has 1 heterocycles. The molecule has 1 aromatic heterocycles. The first-order valence-corrected chi connectivity index (χ1v) is 4.94. The monoisotopic (exact) mass is 184 g/mol. The van der Waals surface area contributed by atoms with Crippen LogP contribution in [0.3, 0.4) is 0 Å². The molecule has 0 bridgehead atoms. The zero-order chi connectivity index (χ0) is 9.10. The second-order valence-electron chi connectivity index (χ2n) is 2.70. The smallest absolute Gasteiger partial charge is 0.0321 e. The summed E-state index contributed by atoms with van der Waals surface area (Å²) in [6.07, 6.45) is 5.41. The molecule has 0 saturated heterocycles. The third kappa shape index (κ3) is 1.49. The molecule has 0 nitrogen and oxygen atoms in total. The van der Waals surface area contributed by atoms with Gasteiger partial charge < -0.3 is 0 Å². The van der Waals surface area contributed by atoms with Crippen LogP contribution in [0.15, 0.2) is 41.1 Å². The van der Waals surface area contributed by atoms with Crippen molar-refractivity contribution < 1.29 is 0 Å². The molecule has 2 rings (SSSR count). The maximum absolute atomic E-state index is 5.41. The van der Waals surface area contributed by atoms with E-state index in [2.05, 4.69) is 28.8 Å². The maximum Gasteiger partial charge on any atom is 0.0321 e. The fourth-order valence-electron chi connectivity index (χ4n) is 1.28. The SMILES string of the molecule is C#Cc1ccccc1-c1ccsc1. The molecule has 0 aliphatic heterocycles. The Labute approximate surface area is 81.9 Å². The second-order valence-corrected chi connectivity index (χ2v) is 3.48. The third-order valence-electron chi connectivity index (χ3n) is 1.91. The molecule has 0 spiro atoms. The molecule has 0 aliphatic rings. The third-order valence-corrected chi connectivity index (χ3v) is 2.60. The number of hydrogen-bond acceptors (Lipinski definition) is 1. The number of rotatable bonds is 1. The van der Waals surface area contributed by atoms with E-state index in [0.717, 1.165) is 11.1 Å². The van der Waals surface area contributed by atoms with E-state index in [1.54, 1.807) is 11.3 Å². The summed E-state index contributed by atoms with van der Waals surface area (Å²) in [5, 5.41) is 4.17. The highest BCUT2D eigenvalue weighted by Crippen LogP contribution is 2.24. The van der Waals surface area contributed by atoms with Gasteiger partial charge in [0.05, 0.1) is 0 Å². The summed E-state index contributed by atoms with van der Waals surface area (Å²) in [5.41, 5.74) is 3.31. The molecule has 0 saturated carbocycles. The van der Waals surface area contributed by atoms with Crippen LogP contribution in [0, 0.1) is 12.3 Å². The molecule has 0 aliphatic carbocycles. The van der Waals surface area contributed by atoms with E-state index in [-0.39, 0.29) is 0 Å². The van der Waals surface area contributed by atoms with E-state index in [9.17, 15) is 0 Å². The molecular formula is C12H8S. The molecule has 0 fully saturated rings. The average Bonchev–Trinajstić information content (AvgIpc) is 2.70. The van der Waals surface area contributed by atoms with Crippen LogP contribution in [-0.2, 0) is 0 Å². The Morgan fingerprint density at radius 1 is 1.15 bits per heavy atom. The Balaban J connectivity index is 2.59. The largest absolute Gasteiger partial charge is 0.152 e. The fraction of sp³-hybridized carbons (Fsp3) is 0. The lowest BCUT2D eigenvalue weighted by Gasteiger charge is -2.00. The summed E-state index contributed by atoms with van der Waals surface area (Å²) >= 11 is 1.69. The van der Waals surface area contributed by atoms with E-state index >= 15 is 0 Å². The van der Waals surface area contributed by atoms with Crippen LogP contribution in [-0.4, -0.2) is 0 Å². The molecule has 0 radical (unpaired) electrons. The number of benzene rings is 1. The molecular weight excluding hydrogens is 176 g/mol. The minimum atomic E-state index is 0.959. The molecule has 0 unspecified atom stereocenters. The zero-order valence-electron chi connectivity index (χ0n) is 7.03. The van der Waals surface area contributed by atoms with Crippen LogP contribution < -0.4 is 0 Å². The Morgan fingerprint density at radius 2 is 2.00 bits per heavy atom. The van der Waals surface area contributed by atoms with Gasteiger partial charge in [-0.15, -0.1) is 6.42 Å². The summed E-state index contributed by atoms with van der Waals surface area (Å²) in [5.74, 6) is 2.69. The summed E-state index contributed by atoms with van der Waals surface area (Å²) in [6, 6.07) is 10.1. The predicted molar refractivity (Wildman–Crippen MR) is 57.7 cm³/mol. The van der Waals surface area contributed by atoms with Gasteiger partial charge in [0.2, 0.25) is 0 Å². The quantitative estimate of drug-likeness (QED) is 0.596. The van der Waals surface area contributed by atoms with E-state index in [1.807, 2.05) is 18.2 Å². The predicted octanol–water partition coefficient (Wildman–Crippen LogP) is 3.40. The maximum atomic E-state index is 5.41. The van der Waals surface area contributed by atoms with Gasteiger partial charge in [0.25, 0.3) is 0 Å². The highest BCUT2D eigenvalue weighted by Gasteiger charge is 2.01. The Bertz CT molecular complexity index is 432. The molecule has 13 heavy (non-hydrogen) atoms. The molecule has 0 atom stereocenters. The topological polar surface area (TPSA) is 0 Å². The first-order valence-electron chi connectivity index (χ1n) is 4.00. The summed E-state index contributed by atoms with van der Waals surface area (Å²) in [4.78, 5) is 0. The molecule has 1 heteroatoms. The van der Waals surface area contributed by atoms with Crippen LogP contribution in [0.1, 0.15) is 5.56 Å². The molecule has 1 aromatic carbocycles. The van der Waals surface area contributed by atoms with E-state index in [0.29, 0.717) is 0 Å². The standard InChI is InChI=1S/C12H8S/c1-2-10-5-3-4-6-12(10)11-7-8-13-9-11/h1,3-9H. The van der Waals surface area contributed by atoms with Crippen molar-refractivity contribution in [3.05, 3.63) is 46.7 Å². The van der Waals surface area contributed by atoms with Crippen LogP contribution in [0.2, 0.25) is 0 Å². The number of hydrogen-bond donors (Lipinski definition) is 0. The number of thiophene rings is 1. The van der Waals surface area contributed by atoms with E-state index < -0.39 is 0 Å². The minimum absolute atomic E-state index is 0.959. The summed E-state index contributed by atoms with van der Waals surface area (Å²) in [6.45, 7) is 0. The highest BCUT2D eigenvalue weighted by molar-refractivity contribution is 7.08. The van der Waals surface area contributed by atoms with Crippen molar-refractivity contribution in [1.82, 2.24) is 0 Å². The lowest BCUT2D eigenvalue weighted by atomic mass is 10.0. The van der Waals surface area contributed by atoms with Crippen LogP contribution >= 0.6 is 11.3 Å². The molecule has 62 valence electrons. The van der Waals surface area contributed by atoms with Gasteiger partial charge >= 0.3 is 0 Å². The summed E-state index contributed by atoms with van der Waals surface area (Å²) in [7, 11) is 0. The first kappa shape index (κ1) is 8.10. The second kappa shape index (κ2) is 3.47. The zero-order valence-corrected chi connectivity index (χ0v) is 7.84. The van der Waals surface area contributed by atoms with Crippen LogP contribution in [0.5, 0.6) is 0 Å². The average molecular weight is 184 g/mol.